The van der Waals surface area contributed by atoms with E-state index in [2.05, 4.69) is 29.5 Å². The summed E-state index contributed by atoms with van der Waals surface area (Å²) < 4.78 is 5.13. The van der Waals surface area contributed by atoms with Crippen molar-refractivity contribution < 1.29 is 4.74 Å². The molecule has 0 aliphatic carbocycles. The van der Waals surface area contributed by atoms with Crippen molar-refractivity contribution in [2.75, 3.05) is 31.4 Å². The molecule has 0 spiro atoms. The van der Waals surface area contributed by atoms with Gasteiger partial charge in [0.15, 0.2) is 0 Å². The third kappa shape index (κ3) is 3.75. The lowest BCUT2D eigenvalue weighted by atomic mass is 10.1. The maximum atomic E-state index is 5.13. The Bertz CT molecular complexity index is 312. The third-order valence-electron chi connectivity index (χ3n) is 1.98. The van der Waals surface area contributed by atoms with Crippen LogP contribution in [0, 0.1) is 0 Å². The molecule has 0 amide bonds. The molecule has 0 aliphatic rings. The largest absolute Gasteiger partial charge is 0.382 e. The standard InChI is InChI=1S/C11H19N3O/c1-11(2,8-15-4)14-10-7-5-6-9(12-3)13-10/h5-7H,8H2,1-4H3,(H2,12,13,14). The second-order valence-corrected chi connectivity index (χ2v) is 4.10. The molecular formula is C11H19N3O. The minimum atomic E-state index is -0.117. The Balaban J connectivity index is 2.71. The van der Waals surface area contributed by atoms with Crippen LogP contribution in [0.3, 0.4) is 0 Å². The molecule has 0 unspecified atom stereocenters. The SMILES string of the molecule is CNc1cccc(NC(C)(C)COC)n1. The van der Waals surface area contributed by atoms with Gasteiger partial charge in [0, 0.05) is 14.2 Å². The Morgan fingerprint density at radius 2 is 2.00 bits per heavy atom. The quantitative estimate of drug-likeness (QED) is 0.778. The molecular weight excluding hydrogens is 190 g/mol. The first-order valence-electron chi connectivity index (χ1n) is 4.99. The Labute approximate surface area is 91.1 Å². The fourth-order valence-electron chi connectivity index (χ4n) is 1.39. The van der Waals surface area contributed by atoms with Gasteiger partial charge < -0.3 is 15.4 Å². The van der Waals surface area contributed by atoms with Crippen molar-refractivity contribution in [3.8, 4) is 0 Å². The summed E-state index contributed by atoms with van der Waals surface area (Å²) in [4.78, 5) is 4.38. The van der Waals surface area contributed by atoms with Gasteiger partial charge in [-0.1, -0.05) is 6.07 Å². The number of hydrogen-bond acceptors (Lipinski definition) is 4. The number of rotatable bonds is 5. The van der Waals surface area contributed by atoms with E-state index in [1.807, 2.05) is 25.2 Å². The van der Waals surface area contributed by atoms with Crippen LogP contribution in [0.15, 0.2) is 18.2 Å². The molecule has 0 saturated carbocycles. The van der Waals surface area contributed by atoms with E-state index >= 15 is 0 Å². The van der Waals surface area contributed by atoms with E-state index in [4.69, 9.17) is 4.74 Å². The minimum absolute atomic E-state index is 0.117. The summed E-state index contributed by atoms with van der Waals surface area (Å²) in [5.41, 5.74) is -0.117. The van der Waals surface area contributed by atoms with E-state index in [-0.39, 0.29) is 5.54 Å². The van der Waals surface area contributed by atoms with Gasteiger partial charge in [-0.15, -0.1) is 0 Å². The molecule has 15 heavy (non-hydrogen) atoms. The number of anilines is 2. The summed E-state index contributed by atoms with van der Waals surface area (Å²) in [5, 5.41) is 6.32. The van der Waals surface area contributed by atoms with Crippen LogP contribution in [-0.2, 0) is 4.74 Å². The normalized spacial score (nSPS) is 11.2. The van der Waals surface area contributed by atoms with Crippen LogP contribution in [0.25, 0.3) is 0 Å². The Hall–Kier alpha value is -1.29. The van der Waals surface area contributed by atoms with E-state index in [0.717, 1.165) is 11.6 Å². The molecule has 0 bridgehead atoms. The summed E-state index contributed by atoms with van der Waals surface area (Å²) in [6.07, 6.45) is 0. The number of pyridine rings is 1. The molecule has 0 fully saturated rings. The lowest BCUT2D eigenvalue weighted by Crippen LogP contribution is -2.36. The molecule has 0 aliphatic heterocycles. The number of ether oxygens (including phenoxy) is 1. The van der Waals surface area contributed by atoms with Crippen molar-refractivity contribution >= 4 is 11.6 Å². The maximum absolute atomic E-state index is 5.13. The molecule has 84 valence electrons. The average Bonchev–Trinajstić information content (AvgIpc) is 2.17. The topological polar surface area (TPSA) is 46.2 Å². The number of aromatic nitrogens is 1. The van der Waals surface area contributed by atoms with Gasteiger partial charge in [0.25, 0.3) is 0 Å². The Morgan fingerprint density at radius 3 is 2.60 bits per heavy atom. The number of methoxy groups -OCH3 is 1. The second kappa shape index (κ2) is 4.98. The van der Waals surface area contributed by atoms with E-state index < -0.39 is 0 Å². The summed E-state index contributed by atoms with van der Waals surface area (Å²) >= 11 is 0. The van der Waals surface area contributed by atoms with Gasteiger partial charge >= 0.3 is 0 Å². The third-order valence-corrected chi connectivity index (χ3v) is 1.98. The zero-order valence-electron chi connectivity index (χ0n) is 9.79. The second-order valence-electron chi connectivity index (χ2n) is 4.10. The summed E-state index contributed by atoms with van der Waals surface area (Å²) in [7, 11) is 3.55. The maximum Gasteiger partial charge on any atom is 0.128 e. The van der Waals surface area contributed by atoms with Crippen LogP contribution in [0.4, 0.5) is 11.6 Å². The minimum Gasteiger partial charge on any atom is -0.382 e. The van der Waals surface area contributed by atoms with Crippen molar-refractivity contribution in [2.24, 2.45) is 0 Å². The van der Waals surface area contributed by atoms with E-state index in [1.54, 1.807) is 7.11 Å². The highest BCUT2D eigenvalue weighted by molar-refractivity contribution is 5.45. The number of hydrogen-bond donors (Lipinski definition) is 2. The first-order valence-corrected chi connectivity index (χ1v) is 4.99. The first kappa shape index (κ1) is 11.8. The van der Waals surface area contributed by atoms with Crippen LogP contribution >= 0.6 is 0 Å². The fraction of sp³-hybridized carbons (Fsp3) is 0.545. The van der Waals surface area contributed by atoms with Crippen LogP contribution in [0.5, 0.6) is 0 Å². The van der Waals surface area contributed by atoms with Crippen molar-refractivity contribution in [3.63, 3.8) is 0 Å². The molecule has 1 aromatic heterocycles. The molecule has 0 aromatic carbocycles. The highest BCUT2D eigenvalue weighted by Crippen LogP contribution is 2.14. The Kier molecular flexibility index (Phi) is 3.91. The number of nitrogens with one attached hydrogen (secondary N) is 2. The van der Waals surface area contributed by atoms with Gasteiger partial charge in [0.2, 0.25) is 0 Å². The summed E-state index contributed by atoms with van der Waals surface area (Å²) in [6, 6.07) is 5.83. The summed E-state index contributed by atoms with van der Waals surface area (Å²) in [6.45, 7) is 4.78. The number of nitrogens with zero attached hydrogens (tertiary/aromatic N) is 1. The van der Waals surface area contributed by atoms with Gasteiger partial charge in [0.05, 0.1) is 12.1 Å². The fourth-order valence-corrected chi connectivity index (χ4v) is 1.39. The zero-order valence-corrected chi connectivity index (χ0v) is 9.79. The smallest absolute Gasteiger partial charge is 0.128 e. The summed E-state index contributed by atoms with van der Waals surface area (Å²) in [5.74, 6) is 1.71. The predicted molar refractivity (Wildman–Crippen MR) is 63.4 cm³/mol. The molecule has 2 N–H and O–H groups in total. The zero-order chi connectivity index (χ0) is 11.3. The average molecular weight is 209 g/mol. The van der Waals surface area contributed by atoms with Gasteiger partial charge in [-0.2, -0.15) is 0 Å². The molecule has 1 aromatic rings. The van der Waals surface area contributed by atoms with E-state index in [0.29, 0.717) is 6.61 Å². The predicted octanol–water partition coefficient (Wildman–Crippen LogP) is 1.96. The van der Waals surface area contributed by atoms with Gasteiger partial charge in [-0.05, 0) is 26.0 Å². The first-order chi connectivity index (χ1) is 7.07. The molecule has 1 heterocycles. The molecule has 4 heteroatoms. The highest BCUT2D eigenvalue weighted by atomic mass is 16.5. The van der Waals surface area contributed by atoms with Crippen molar-refractivity contribution in [2.45, 2.75) is 19.4 Å². The van der Waals surface area contributed by atoms with Crippen molar-refractivity contribution in [1.29, 1.82) is 0 Å². The van der Waals surface area contributed by atoms with Crippen molar-refractivity contribution in [3.05, 3.63) is 18.2 Å². The van der Waals surface area contributed by atoms with Crippen molar-refractivity contribution in [1.82, 2.24) is 4.98 Å². The van der Waals surface area contributed by atoms with Gasteiger partial charge in [0.1, 0.15) is 11.6 Å². The monoisotopic (exact) mass is 209 g/mol. The molecule has 0 atom stereocenters. The van der Waals surface area contributed by atoms with Crippen LogP contribution < -0.4 is 10.6 Å². The van der Waals surface area contributed by atoms with E-state index in [1.165, 1.54) is 0 Å². The lowest BCUT2D eigenvalue weighted by Gasteiger charge is -2.26. The molecule has 0 radical (unpaired) electrons. The van der Waals surface area contributed by atoms with Crippen LogP contribution in [0.1, 0.15) is 13.8 Å². The molecule has 4 nitrogen and oxygen atoms in total. The van der Waals surface area contributed by atoms with Gasteiger partial charge in [-0.3, -0.25) is 0 Å². The lowest BCUT2D eigenvalue weighted by molar-refractivity contribution is 0.158. The van der Waals surface area contributed by atoms with E-state index in [9.17, 15) is 0 Å². The molecule has 1 rings (SSSR count). The van der Waals surface area contributed by atoms with Crippen LogP contribution in [0.2, 0.25) is 0 Å². The molecule has 0 saturated heterocycles. The van der Waals surface area contributed by atoms with Crippen LogP contribution in [-0.4, -0.2) is 31.3 Å². The highest BCUT2D eigenvalue weighted by Gasteiger charge is 2.17. The Morgan fingerprint density at radius 1 is 1.33 bits per heavy atom. The van der Waals surface area contributed by atoms with Gasteiger partial charge in [-0.25, -0.2) is 4.98 Å².